The van der Waals surface area contributed by atoms with Gasteiger partial charge in [-0.15, -0.1) is 0 Å². The van der Waals surface area contributed by atoms with E-state index in [0.717, 1.165) is 18.4 Å². The Morgan fingerprint density at radius 3 is 2.50 bits per heavy atom. The molecule has 3 rings (SSSR count). The van der Waals surface area contributed by atoms with Gasteiger partial charge in [-0.2, -0.15) is 0 Å². The number of aromatic nitrogens is 2. The highest BCUT2D eigenvalue weighted by atomic mass is 32.2. The lowest BCUT2D eigenvalue weighted by molar-refractivity contribution is -0.138. The van der Waals surface area contributed by atoms with E-state index in [2.05, 4.69) is 9.97 Å². The first kappa shape index (κ1) is 24.1. The van der Waals surface area contributed by atoms with Crippen LogP contribution >= 0.6 is 11.8 Å². The first-order valence-electron chi connectivity index (χ1n) is 10.6. The second-order valence-corrected chi connectivity index (χ2v) is 8.82. The molecule has 1 unspecified atom stereocenters. The second kappa shape index (κ2) is 11.9. The van der Waals surface area contributed by atoms with Crippen molar-refractivity contribution < 1.29 is 18.7 Å². The van der Waals surface area contributed by atoms with Gasteiger partial charge >= 0.3 is 0 Å². The van der Waals surface area contributed by atoms with Gasteiger partial charge in [0.05, 0.1) is 5.75 Å². The molecule has 0 aliphatic carbocycles. The Morgan fingerprint density at radius 1 is 1.22 bits per heavy atom. The highest BCUT2D eigenvalue weighted by Gasteiger charge is 2.32. The molecule has 1 aliphatic heterocycles. The van der Waals surface area contributed by atoms with E-state index in [1.54, 1.807) is 42.5 Å². The number of hydrogen-bond acceptors (Lipinski definition) is 6. The standard InChI is InChI=1S/C23H29FN4O3S/c1-27(21(29)15-31-2)20(14-17-4-6-19(24)7-5-17)18-8-12-28(13-9-18)22(30)16-32-23-25-10-3-11-26-23/h3-7,10-11,18,20H,8-9,12-16H2,1-2H3. The zero-order valence-corrected chi connectivity index (χ0v) is 19.3. The predicted octanol–water partition coefficient (Wildman–Crippen LogP) is 2.66. The number of likely N-dealkylation sites (tertiary alicyclic amines) is 1. The smallest absolute Gasteiger partial charge is 0.248 e. The molecular formula is C23H29FN4O3S. The van der Waals surface area contributed by atoms with Crippen LogP contribution in [0.5, 0.6) is 0 Å². The van der Waals surface area contributed by atoms with Crippen molar-refractivity contribution in [2.24, 2.45) is 5.92 Å². The van der Waals surface area contributed by atoms with Crippen molar-refractivity contribution in [2.45, 2.75) is 30.5 Å². The van der Waals surface area contributed by atoms with Crippen LogP contribution in [0.25, 0.3) is 0 Å². The number of piperidine rings is 1. The molecule has 1 atom stereocenters. The van der Waals surface area contributed by atoms with E-state index in [9.17, 15) is 14.0 Å². The third-order valence-electron chi connectivity index (χ3n) is 5.82. The Morgan fingerprint density at radius 2 is 1.88 bits per heavy atom. The molecule has 0 radical (unpaired) electrons. The van der Waals surface area contributed by atoms with Crippen LogP contribution in [-0.2, 0) is 20.7 Å². The molecule has 2 heterocycles. The minimum absolute atomic E-state index is 0.0204. The maximum absolute atomic E-state index is 13.3. The monoisotopic (exact) mass is 460 g/mol. The minimum Gasteiger partial charge on any atom is -0.375 e. The number of benzene rings is 1. The summed E-state index contributed by atoms with van der Waals surface area (Å²) in [7, 11) is 3.30. The Kier molecular flexibility index (Phi) is 8.99. The molecular weight excluding hydrogens is 431 g/mol. The number of thioether (sulfide) groups is 1. The lowest BCUT2D eigenvalue weighted by Gasteiger charge is -2.40. The summed E-state index contributed by atoms with van der Waals surface area (Å²) in [4.78, 5) is 37.1. The first-order chi connectivity index (χ1) is 15.5. The van der Waals surface area contributed by atoms with E-state index < -0.39 is 0 Å². The van der Waals surface area contributed by atoms with Crippen molar-refractivity contribution in [3.63, 3.8) is 0 Å². The average Bonchev–Trinajstić information content (AvgIpc) is 2.82. The summed E-state index contributed by atoms with van der Waals surface area (Å²) in [6, 6.07) is 8.11. The van der Waals surface area contributed by atoms with E-state index in [4.69, 9.17) is 4.74 Å². The first-order valence-corrected chi connectivity index (χ1v) is 11.6. The van der Waals surface area contributed by atoms with Gasteiger partial charge in [-0.25, -0.2) is 14.4 Å². The lowest BCUT2D eigenvalue weighted by atomic mass is 9.85. The van der Waals surface area contributed by atoms with Crippen LogP contribution in [-0.4, -0.2) is 77.2 Å². The fourth-order valence-corrected chi connectivity index (χ4v) is 4.71. The summed E-state index contributed by atoms with van der Waals surface area (Å²) in [5, 5.41) is 0.591. The number of halogens is 1. The van der Waals surface area contributed by atoms with Crippen LogP contribution in [0.4, 0.5) is 4.39 Å². The Labute approximate surface area is 192 Å². The van der Waals surface area contributed by atoms with Crippen molar-refractivity contribution in [3.8, 4) is 0 Å². The number of rotatable bonds is 9. The van der Waals surface area contributed by atoms with Gasteiger partial charge in [0.15, 0.2) is 5.16 Å². The van der Waals surface area contributed by atoms with Crippen molar-refractivity contribution >= 4 is 23.6 Å². The number of ether oxygens (including phenoxy) is 1. The number of likely N-dealkylation sites (N-methyl/N-ethyl adjacent to an activating group) is 1. The molecule has 1 aliphatic rings. The number of nitrogens with zero attached hydrogens (tertiary/aromatic N) is 4. The summed E-state index contributed by atoms with van der Waals surface area (Å²) < 4.78 is 18.4. The maximum atomic E-state index is 13.3. The van der Waals surface area contributed by atoms with Crippen LogP contribution in [0.3, 0.4) is 0 Å². The van der Waals surface area contributed by atoms with E-state index in [1.807, 2.05) is 4.90 Å². The third-order valence-corrected chi connectivity index (χ3v) is 6.68. The van der Waals surface area contributed by atoms with E-state index in [1.165, 1.54) is 31.0 Å². The zero-order chi connectivity index (χ0) is 22.9. The predicted molar refractivity (Wildman–Crippen MR) is 121 cm³/mol. The van der Waals surface area contributed by atoms with Crippen molar-refractivity contribution in [3.05, 3.63) is 54.1 Å². The second-order valence-electron chi connectivity index (χ2n) is 7.87. The summed E-state index contributed by atoms with van der Waals surface area (Å²) in [6.45, 7) is 1.31. The molecule has 0 spiro atoms. The Balaban J connectivity index is 1.60. The van der Waals surface area contributed by atoms with Crippen molar-refractivity contribution in [2.75, 3.05) is 39.6 Å². The average molecular weight is 461 g/mol. The molecule has 172 valence electrons. The largest absolute Gasteiger partial charge is 0.375 e. The topological polar surface area (TPSA) is 75.6 Å². The SMILES string of the molecule is COCC(=O)N(C)C(Cc1ccc(F)cc1)C1CCN(C(=O)CSc2ncccn2)CC1. The zero-order valence-electron chi connectivity index (χ0n) is 18.4. The maximum Gasteiger partial charge on any atom is 0.248 e. The van der Waals surface area contributed by atoms with Gasteiger partial charge in [-0.05, 0) is 48.9 Å². The Bertz CT molecular complexity index is 877. The molecule has 32 heavy (non-hydrogen) atoms. The van der Waals surface area contributed by atoms with Gasteiger partial charge in [0, 0.05) is 45.7 Å². The van der Waals surface area contributed by atoms with Crippen molar-refractivity contribution in [1.82, 2.24) is 19.8 Å². The van der Waals surface area contributed by atoms with Crippen LogP contribution in [0.1, 0.15) is 18.4 Å². The molecule has 7 nitrogen and oxygen atoms in total. The summed E-state index contributed by atoms with van der Waals surface area (Å²) >= 11 is 1.34. The highest BCUT2D eigenvalue weighted by molar-refractivity contribution is 7.99. The Hall–Kier alpha value is -2.52. The molecule has 1 fully saturated rings. The fraction of sp³-hybridized carbons (Fsp3) is 0.478. The summed E-state index contributed by atoms with van der Waals surface area (Å²) in [5.74, 6) is 0.247. The number of carbonyl (C=O) groups excluding carboxylic acids is 2. The van der Waals surface area contributed by atoms with Crippen LogP contribution in [0.2, 0.25) is 0 Å². The van der Waals surface area contributed by atoms with Gasteiger partial charge in [0.25, 0.3) is 0 Å². The molecule has 1 aromatic carbocycles. The molecule has 1 aromatic heterocycles. The molecule has 2 amide bonds. The van der Waals surface area contributed by atoms with Gasteiger partial charge in [0.1, 0.15) is 12.4 Å². The molecule has 9 heteroatoms. The van der Waals surface area contributed by atoms with Gasteiger partial charge in [-0.3, -0.25) is 9.59 Å². The highest BCUT2D eigenvalue weighted by Crippen LogP contribution is 2.27. The number of carbonyl (C=O) groups is 2. The molecule has 1 saturated heterocycles. The van der Waals surface area contributed by atoms with E-state index >= 15 is 0 Å². The molecule has 0 bridgehead atoms. The fourth-order valence-electron chi connectivity index (χ4n) is 4.00. The number of methoxy groups -OCH3 is 1. The van der Waals surface area contributed by atoms with Gasteiger partial charge < -0.3 is 14.5 Å². The molecule has 0 N–H and O–H groups in total. The lowest BCUT2D eigenvalue weighted by Crippen LogP contribution is -2.49. The third kappa shape index (κ3) is 6.74. The molecule has 0 saturated carbocycles. The minimum atomic E-state index is -0.278. The van der Waals surface area contributed by atoms with E-state index in [-0.39, 0.29) is 36.2 Å². The van der Waals surface area contributed by atoms with Gasteiger partial charge in [0.2, 0.25) is 11.8 Å². The molecule has 2 aromatic rings. The summed E-state index contributed by atoms with van der Waals surface area (Å²) in [6.07, 6.45) is 5.55. The quantitative estimate of drug-likeness (QED) is 0.423. The van der Waals surface area contributed by atoms with E-state index in [0.29, 0.717) is 30.4 Å². The van der Waals surface area contributed by atoms with Crippen LogP contribution in [0.15, 0.2) is 47.9 Å². The number of amides is 2. The normalized spacial score (nSPS) is 15.4. The van der Waals surface area contributed by atoms with Gasteiger partial charge in [-0.1, -0.05) is 23.9 Å². The van der Waals surface area contributed by atoms with Crippen LogP contribution in [0, 0.1) is 11.7 Å². The number of hydrogen-bond donors (Lipinski definition) is 0. The van der Waals surface area contributed by atoms with Crippen molar-refractivity contribution in [1.29, 1.82) is 0 Å². The van der Waals surface area contributed by atoms with Crippen LogP contribution < -0.4 is 0 Å². The summed E-state index contributed by atoms with van der Waals surface area (Å²) in [5.41, 5.74) is 0.978.